The molecule has 0 radical (unpaired) electrons. The second-order valence-corrected chi connectivity index (χ2v) is 5.66. The fourth-order valence-corrected chi connectivity index (χ4v) is 2.10. The molecule has 116 valence electrons. The fourth-order valence-electron chi connectivity index (χ4n) is 2.10. The largest absolute Gasteiger partial charge is 0.467 e. The number of benzene rings is 1. The minimum atomic E-state index is -0.668. The molecule has 0 aliphatic rings. The standard InChI is InChI=1S/C16H24N2O3/c1-12(19)18-14(15(20)21-4)10-17-11-16(2,3)13-8-6-5-7-9-13/h5-9,14,17H,10-11H2,1-4H3,(H,18,19). The molecule has 1 aromatic rings. The maximum absolute atomic E-state index is 11.6. The number of nitrogens with one attached hydrogen (secondary N) is 2. The van der Waals surface area contributed by atoms with Crippen LogP contribution in [0.4, 0.5) is 0 Å². The van der Waals surface area contributed by atoms with Crippen molar-refractivity contribution in [3.05, 3.63) is 35.9 Å². The summed E-state index contributed by atoms with van der Waals surface area (Å²) in [4.78, 5) is 22.7. The van der Waals surface area contributed by atoms with E-state index in [2.05, 4.69) is 41.4 Å². The van der Waals surface area contributed by atoms with Gasteiger partial charge in [-0.05, 0) is 5.56 Å². The smallest absolute Gasteiger partial charge is 0.329 e. The molecule has 0 heterocycles. The molecule has 5 nitrogen and oxygen atoms in total. The molecule has 0 spiro atoms. The molecule has 0 fully saturated rings. The number of ether oxygens (including phenoxy) is 1. The summed E-state index contributed by atoms with van der Waals surface area (Å²) in [5.41, 5.74) is 1.14. The van der Waals surface area contributed by atoms with Crippen molar-refractivity contribution in [3.63, 3.8) is 0 Å². The summed E-state index contributed by atoms with van der Waals surface area (Å²) >= 11 is 0. The average Bonchev–Trinajstić information content (AvgIpc) is 2.45. The Hall–Kier alpha value is -1.88. The van der Waals surface area contributed by atoms with Crippen molar-refractivity contribution in [2.45, 2.75) is 32.2 Å². The Balaban J connectivity index is 2.57. The first kappa shape index (κ1) is 17.2. The third-order valence-corrected chi connectivity index (χ3v) is 3.33. The van der Waals surface area contributed by atoms with Crippen LogP contribution in [0.2, 0.25) is 0 Å². The number of carbonyl (C=O) groups excluding carboxylic acids is 2. The normalized spacial score (nSPS) is 12.6. The molecular weight excluding hydrogens is 268 g/mol. The second-order valence-electron chi connectivity index (χ2n) is 5.66. The van der Waals surface area contributed by atoms with E-state index in [1.54, 1.807) is 0 Å². The van der Waals surface area contributed by atoms with Crippen molar-refractivity contribution < 1.29 is 14.3 Å². The number of esters is 1. The van der Waals surface area contributed by atoms with Gasteiger partial charge in [0.05, 0.1) is 7.11 Å². The molecule has 1 aromatic carbocycles. The van der Waals surface area contributed by atoms with Gasteiger partial charge >= 0.3 is 5.97 Å². The Labute approximate surface area is 126 Å². The summed E-state index contributed by atoms with van der Waals surface area (Å²) in [6.45, 7) is 6.65. The van der Waals surface area contributed by atoms with Crippen LogP contribution in [-0.4, -0.2) is 38.1 Å². The van der Waals surface area contributed by atoms with Gasteiger partial charge in [-0.15, -0.1) is 0 Å². The third kappa shape index (κ3) is 5.55. The molecular formula is C16H24N2O3. The van der Waals surface area contributed by atoms with Crippen LogP contribution in [0.3, 0.4) is 0 Å². The number of amides is 1. The van der Waals surface area contributed by atoms with Gasteiger partial charge in [-0.2, -0.15) is 0 Å². The maximum atomic E-state index is 11.6. The molecule has 2 N–H and O–H groups in total. The minimum Gasteiger partial charge on any atom is -0.467 e. The number of rotatable bonds is 7. The SMILES string of the molecule is COC(=O)C(CNCC(C)(C)c1ccccc1)NC(C)=O. The van der Waals surface area contributed by atoms with Crippen molar-refractivity contribution in [2.24, 2.45) is 0 Å². The van der Waals surface area contributed by atoms with Gasteiger partial charge in [0, 0.05) is 25.4 Å². The summed E-state index contributed by atoms with van der Waals surface area (Å²) in [5.74, 6) is -0.704. The van der Waals surface area contributed by atoms with E-state index in [4.69, 9.17) is 0 Å². The van der Waals surface area contributed by atoms with Gasteiger partial charge in [0.1, 0.15) is 6.04 Å². The van der Waals surface area contributed by atoms with Crippen LogP contribution in [0.15, 0.2) is 30.3 Å². The lowest BCUT2D eigenvalue weighted by atomic mass is 9.84. The fraction of sp³-hybridized carbons (Fsp3) is 0.500. The summed E-state index contributed by atoms with van der Waals surface area (Å²) < 4.78 is 4.69. The molecule has 0 saturated heterocycles. The highest BCUT2D eigenvalue weighted by molar-refractivity contribution is 5.83. The van der Waals surface area contributed by atoms with E-state index in [0.29, 0.717) is 13.1 Å². The minimum absolute atomic E-state index is 0.0713. The van der Waals surface area contributed by atoms with Gasteiger partial charge in [0.15, 0.2) is 0 Å². The Morgan fingerprint density at radius 3 is 2.38 bits per heavy atom. The zero-order chi connectivity index (χ0) is 15.9. The lowest BCUT2D eigenvalue weighted by Crippen LogP contribution is -2.48. The average molecular weight is 292 g/mol. The predicted octanol–water partition coefficient (Wildman–Crippen LogP) is 1.23. The molecule has 0 saturated carbocycles. The molecule has 1 rings (SSSR count). The molecule has 5 heteroatoms. The van der Waals surface area contributed by atoms with E-state index < -0.39 is 12.0 Å². The molecule has 0 aliphatic heterocycles. The van der Waals surface area contributed by atoms with Gasteiger partial charge in [0.2, 0.25) is 5.91 Å². The third-order valence-electron chi connectivity index (χ3n) is 3.33. The lowest BCUT2D eigenvalue weighted by Gasteiger charge is -2.27. The van der Waals surface area contributed by atoms with Crippen molar-refractivity contribution in [1.82, 2.24) is 10.6 Å². The highest BCUT2D eigenvalue weighted by Gasteiger charge is 2.23. The zero-order valence-corrected chi connectivity index (χ0v) is 13.1. The van der Waals surface area contributed by atoms with Crippen molar-refractivity contribution in [1.29, 1.82) is 0 Å². The summed E-state index contributed by atoms with van der Waals surface area (Å²) in [6.07, 6.45) is 0. The Morgan fingerprint density at radius 1 is 1.24 bits per heavy atom. The molecule has 0 aliphatic carbocycles. The zero-order valence-electron chi connectivity index (χ0n) is 13.1. The first-order chi connectivity index (χ1) is 9.86. The second kappa shape index (κ2) is 7.78. The van der Waals surface area contributed by atoms with Gasteiger partial charge in [-0.25, -0.2) is 4.79 Å². The van der Waals surface area contributed by atoms with Gasteiger partial charge in [0.25, 0.3) is 0 Å². The summed E-state index contributed by atoms with van der Waals surface area (Å²) in [5, 5.41) is 5.81. The summed E-state index contributed by atoms with van der Waals surface area (Å²) in [7, 11) is 1.31. The van der Waals surface area contributed by atoms with Crippen LogP contribution in [0.5, 0.6) is 0 Å². The highest BCUT2D eigenvalue weighted by atomic mass is 16.5. The van der Waals surface area contributed by atoms with E-state index in [9.17, 15) is 9.59 Å². The van der Waals surface area contributed by atoms with Gasteiger partial charge < -0.3 is 15.4 Å². The van der Waals surface area contributed by atoms with E-state index in [0.717, 1.165) is 0 Å². The molecule has 0 aromatic heterocycles. The van der Waals surface area contributed by atoms with E-state index >= 15 is 0 Å². The van der Waals surface area contributed by atoms with Crippen LogP contribution in [0.1, 0.15) is 26.3 Å². The van der Waals surface area contributed by atoms with Gasteiger partial charge in [-0.1, -0.05) is 44.2 Å². The van der Waals surface area contributed by atoms with Crippen LogP contribution < -0.4 is 10.6 Å². The molecule has 1 atom stereocenters. The van der Waals surface area contributed by atoms with Crippen molar-refractivity contribution >= 4 is 11.9 Å². The van der Waals surface area contributed by atoms with Crippen molar-refractivity contribution in [2.75, 3.05) is 20.2 Å². The van der Waals surface area contributed by atoms with Crippen molar-refractivity contribution in [3.8, 4) is 0 Å². The molecule has 1 amide bonds. The maximum Gasteiger partial charge on any atom is 0.329 e. The summed E-state index contributed by atoms with van der Waals surface area (Å²) in [6, 6.07) is 9.48. The topological polar surface area (TPSA) is 67.4 Å². The highest BCUT2D eigenvalue weighted by Crippen LogP contribution is 2.21. The first-order valence-corrected chi connectivity index (χ1v) is 6.98. The number of methoxy groups -OCH3 is 1. The Bertz CT molecular complexity index is 472. The van der Waals surface area contributed by atoms with Gasteiger partial charge in [-0.3, -0.25) is 4.79 Å². The van der Waals surface area contributed by atoms with E-state index in [-0.39, 0.29) is 11.3 Å². The molecule has 1 unspecified atom stereocenters. The quantitative estimate of drug-likeness (QED) is 0.742. The number of carbonyl (C=O) groups is 2. The lowest BCUT2D eigenvalue weighted by molar-refractivity contribution is -0.144. The Kier molecular flexibility index (Phi) is 6.37. The molecule has 21 heavy (non-hydrogen) atoms. The Morgan fingerprint density at radius 2 is 1.86 bits per heavy atom. The number of hydrogen-bond acceptors (Lipinski definition) is 4. The monoisotopic (exact) mass is 292 g/mol. The van der Waals surface area contributed by atoms with Crippen LogP contribution in [0.25, 0.3) is 0 Å². The van der Waals surface area contributed by atoms with E-state index in [1.807, 2.05) is 18.2 Å². The van der Waals surface area contributed by atoms with Crippen LogP contribution >= 0.6 is 0 Å². The first-order valence-electron chi connectivity index (χ1n) is 6.98. The van der Waals surface area contributed by atoms with Crippen LogP contribution in [-0.2, 0) is 19.7 Å². The number of hydrogen-bond donors (Lipinski definition) is 2. The van der Waals surface area contributed by atoms with Crippen LogP contribution in [0, 0.1) is 0 Å². The molecule has 0 bridgehead atoms. The van der Waals surface area contributed by atoms with E-state index in [1.165, 1.54) is 19.6 Å². The predicted molar refractivity (Wildman–Crippen MR) is 82.0 cm³/mol.